The third-order valence-electron chi connectivity index (χ3n) is 3.92. The molecule has 2 aliphatic rings. The van der Waals surface area contributed by atoms with Crippen molar-refractivity contribution in [2.24, 2.45) is 5.92 Å². The molecule has 3 nitrogen and oxygen atoms in total. The van der Waals surface area contributed by atoms with Gasteiger partial charge in [0.25, 0.3) is 0 Å². The van der Waals surface area contributed by atoms with Gasteiger partial charge in [0.15, 0.2) is 0 Å². The Kier molecular flexibility index (Phi) is 3.84. The number of morpholine rings is 1. The van der Waals surface area contributed by atoms with E-state index >= 15 is 0 Å². The van der Waals surface area contributed by atoms with E-state index in [0.29, 0.717) is 5.78 Å². The van der Waals surface area contributed by atoms with Crippen LogP contribution in [-0.2, 0) is 9.53 Å². The van der Waals surface area contributed by atoms with E-state index in [1.807, 2.05) is 0 Å². The lowest BCUT2D eigenvalue weighted by molar-refractivity contribution is -0.183. The molecule has 104 valence electrons. The third kappa shape index (κ3) is 3.55. The van der Waals surface area contributed by atoms with Gasteiger partial charge in [0, 0.05) is 32.0 Å². The standard InChI is InChI=1S/C15H27NO2/c1-14(2)10-16(11-15(3,4)18-14)9-12-7-5-6-8-13(12)17/h12H,5-11H2,1-4H3. The van der Waals surface area contributed by atoms with Gasteiger partial charge in [0.2, 0.25) is 0 Å². The third-order valence-corrected chi connectivity index (χ3v) is 3.92. The van der Waals surface area contributed by atoms with Crippen LogP contribution in [0.3, 0.4) is 0 Å². The number of rotatable bonds is 2. The highest BCUT2D eigenvalue weighted by atomic mass is 16.5. The maximum absolute atomic E-state index is 11.9. The lowest BCUT2D eigenvalue weighted by Crippen LogP contribution is -2.58. The van der Waals surface area contributed by atoms with Crippen LogP contribution in [0.4, 0.5) is 0 Å². The number of nitrogens with zero attached hydrogens (tertiary/aromatic N) is 1. The van der Waals surface area contributed by atoms with Gasteiger partial charge in [-0.3, -0.25) is 9.69 Å². The number of carbonyl (C=O) groups excluding carboxylic acids is 1. The summed E-state index contributed by atoms with van der Waals surface area (Å²) < 4.78 is 6.08. The maximum Gasteiger partial charge on any atom is 0.137 e. The number of ether oxygens (including phenoxy) is 1. The molecule has 1 unspecified atom stereocenters. The van der Waals surface area contributed by atoms with Crippen molar-refractivity contribution in [1.82, 2.24) is 4.90 Å². The second kappa shape index (κ2) is 4.93. The number of carbonyl (C=O) groups is 1. The Morgan fingerprint density at radius 1 is 1.17 bits per heavy atom. The zero-order valence-electron chi connectivity index (χ0n) is 12.3. The summed E-state index contributed by atoms with van der Waals surface area (Å²) in [6.45, 7) is 11.4. The van der Waals surface area contributed by atoms with Crippen LogP contribution < -0.4 is 0 Å². The first kappa shape index (κ1) is 14.0. The largest absolute Gasteiger partial charge is 0.367 e. The lowest BCUT2D eigenvalue weighted by atomic mass is 9.86. The number of ketones is 1. The van der Waals surface area contributed by atoms with Gasteiger partial charge in [-0.25, -0.2) is 0 Å². The van der Waals surface area contributed by atoms with E-state index in [1.54, 1.807) is 0 Å². The molecule has 0 aromatic rings. The minimum Gasteiger partial charge on any atom is -0.367 e. The van der Waals surface area contributed by atoms with Crippen LogP contribution in [0, 0.1) is 5.92 Å². The summed E-state index contributed by atoms with van der Waals surface area (Å²) in [6, 6.07) is 0. The molecule has 1 aliphatic heterocycles. The van der Waals surface area contributed by atoms with Crippen LogP contribution in [-0.4, -0.2) is 41.5 Å². The zero-order valence-corrected chi connectivity index (χ0v) is 12.3. The average Bonchev–Trinajstić information content (AvgIpc) is 2.16. The van der Waals surface area contributed by atoms with Gasteiger partial charge in [-0.1, -0.05) is 6.42 Å². The van der Waals surface area contributed by atoms with Crippen molar-refractivity contribution in [3.8, 4) is 0 Å². The fourth-order valence-corrected chi connectivity index (χ4v) is 3.63. The number of Topliss-reactive ketones (excluding diaryl/α,β-unsaturated/α-hetero) is 1. The molecule has 0 aromatic heterocycles. The molecular weight excluding hydrogens is 226 g/mol. The van der Waals surface area contributed by atoms with Gasteiger partial charge in [0.05, 0.1) is 11.2 Å². The van der Waals surface area contributed by atoms with Crippen molar-refractivity contribution >= 4 is 5.78 Å². The average molecular weight is 253 g/mol. The fraction of sp³-hybridized carbons (Fsp3) is 0.933. The number of hydrogen-bond donors (Lipinski definition) is 0. The molecule has 1 saturated carbocycles. The van der Waals surface area contributed by atoms with E-state index in [9.17, 15) is 4.79 Å². The highest BCUT2D eigenvalue weighted by Crippen LogP contribution is 2.30. The summed E-state index contributed by atoms with van der Waals surface area (Å²) in [4.78, 5) is 14.4. The Morgan fingerprint density at radius 2 is 1.78 bits per heavy atom. The van der Waals surface area contributed by atoms with Crippen LogP contribution in [0.25, 0.3) is 0 Å². The van der Waals surface area contributed by atoms with Crippen molar-refractivity contribution < 1.29 is 9.53 Å². The van der Waals surface area contributed by atoms with Gasteiger partial charge >= 0.3 is 0 Å². The van der Waals surface area contributed by atoms with Crippen molar-refractivity contribution in [2.75, 3.05) is 19.6 Å². The molecule has 2 rings (SSSR count). The Labute approximate surface area is 111 Å². The molecule has 3 heteroatoms. The highest BCUT2D eigenvalue weighted by molar-refractivity contribution is 5.81. The first-order chi connectivity index (χ1) is 8.27. The number of hydrogen-bond acceptors (Lipinski definition) is 3. The second-order valence-electron chi connectivity index (χ2n) is 7.20. The summed E-state index contributed by atoms with van der Waals surface area (Å²) >= 11 is 0. The SMILES string of the molecule is CC1(C)CN(CC2CCCCC2=O)CC(C)(C)O1. The van der Waals surface area contributed by atoms with Gasteiger partial charge < -0.3 is 4.74 Å². The summed E-state index contributed by atoms with van der Waals surface area (Å²) in [7, 11) is 0. The summed E-state index contributed by atoms with van der Waals surface area (Å²) in [5.41, 5.74) is -0.223. The van der Waals surface area contributed by atoms with E-state index in [1.165, 1.54) is 6.42 Å². The molecule has 0 bridgehead atoms. The van der Waals surface area contributed by atoms with Gasteiger partial charge in [-0.2, -0.15) is 0 Å². The summed E-state index contributed by atoms with van der Waals surface area (Å²) in [5, 5.41) is 0. The molecule has 2 fully saturated rings. The quantitative estimate of drug-likeness (QED) is 0.757. The molecule has 1 atom stereocenters. The normalized spacial score (nSPS) is 32.4. The topological polar surface area (TPSA) is 29.5 Å². The van der Waals surface area contributed by atoms with Crippen molar-refractivity contribution in [3.05, 3.63) is 0 Å². The van der Waals surface area contributed by atoms with Gasteiger partial charge in [0.1, 0.15) is 5.78 Å². The van der Waals surface area contributed by atoms with Crippen LogP contribution in [0.2, 0.25) is 0 Å². The maximum atomic E-state index is 11.9. The lowest BCUT2D eigenvalue weighted by Gasteiger charge is -2.48. The highest BCUT2D eigenvalue weighted by Gasteiger charge is 2.39. The minimum absolute atomic E-state index is 0.112. The van der Waals surface area contributed by atoms with E-state index < -0.39 is 0 Å². The van der Waals surface area contributed by atoms with Gasteiger partial charge in [-0.15, -0.1) is 0 Å². The fourth-order valence-electron chi connectivity index (χ4n) is 3.63. The van der Waals surface area contributed by atoms with E-state index in [0.717, 1.165) is 38.9 Å². The Balaban J connectivity index is 1.98. The van der Waals surface area contributed by atoms with E-state index in [-0.39, 0.29) is 17.1 Å². The zero-order chi connectivity index (χ0) is 13.4. The van der Waals surface area contributed by atoms with Crippen LogP contribution in [0.1, 0.15) is 53.4 Å². The molecule has 0 radical (unpaired) electrons. The molecule has 0 spiro atoms. The first-order valence-corrected chi connectivity index (χ1v) is 7.23. The molecule has 1 aliphatic carbocycles. The van der Waals surface area contributed by atoms with Crippen molar-refractivity contribution in [1.29, 1.82) is 0 Å². The molecule has 1 saturated heterocycles. The Hall–Kier alpha value is -0.410. The van der Waals surface area contributed by atoms with Crippen LogP contribution in [0.5, 0.6) is 0 Å². The Morgan fingerprint density at radius 3 is 2.33 bits per heavy atom. The predicted octanol–water partition coefficient (Wildman–Crippen LogP) is 2.64. The van der Waals surface area contributed by atoms with Crippen LogP contribution >= 0.6 is 0 Å². The van der Waals surface area contributed by atoms with E-state index in [4.69, 9.17) is 4.74 Å². The monoisotopic (exact) mass is 253 g/mol. The smallest absolute Gasteiger partial charge is 0.137 e. The minimum atomic E-state index is -0.112. The molecular formula is C15H27NO2. The molecule has 0 aromatic carbocycles. The van der Waals surface area contributed by atoms with Crippen LogP contribution in [0.15, 0.2) is 0 Å². The summed E-state index contributed by atoms with van der Waals surface area (Å²) in [6.07, 6.45) is 4.18. The Bertz CT molecular complexity index is 306. The van der Waals surface area contributed by atoms with E-state index in [2.05, 4.69) is 32.6 Å². The first-order valence-electron chi connectivity index (χ1n) is 7.23. The predicted molar refractivity (Wildman–Crippen MR) is 72.6 cm³/mol. The summed E-state index contributed by atoms with van der Waals surface area (Å²) in [5.74, 6) is 0.742. The second-order valence-corrected chi connectivity index (χ2v) is 7.20. The van der Waals surface area contributed by atoms with Crippen molar-refractivity contribution in [2.45, 2.75) is 64.6 Å². The molecule has 0 N–H and O–H groups in total. The van der Waals surface area contributed by atoms with Crippen molar-refractivity contribution in [3.63, 3.8) is 0 Å². The molecule has 0 amide bonds. The molecule has 1 heterocycles. The molecule has 18 heavy (non-hydrogen) atoms. The van der Waals surface area contributed by atoms with Gasteiger partial charge in [-0.05, 0) is 40.5 Å².